The highest BCUT2D eigenvalue weighted by atomic mass is 79.9. The molecule has 7 heteroatoms. The molecular weight excluding hydrogens is 365 g/mol. The van der Waals surface area contributed by atoms with Crippen LogP contribution in [0.3, 0.4) is 0 Å². The van der Waals surface area contributed by atoms with Gasteiger partial charge in [0.15, 0.2) is 11.5 Å². The molecule has 1 aliphatic heterocycles. The molecule has 0 saturated heterocycles. The number of hydrogen-bond acceptors (Lipinski definition) is 3. The number of halogens is 3. The van der Waals surface area contributed by atoms with Crippen molar-refractivity contribution >= 4 is 39.1 Å². The molecule has 1 N–H and O–H groups in total. The van der Waals surface area contributed by atoms with Crippen molar-refractivity contribution in [3.8, 4) is 11.5 Å². The minimum atomic E-state index is -0.537. The topological polar surface area (TPSA) is 47.6 Å². The summed E-state index contributed by atoms with van der Waals surface area (Å²) >= 11 is 9.16. The Balaban J connectivity index is 1.87. The standard InChI is InChI=1S/C14H8BrClFNO3/c15-8-1-2-11(10(17)5-8)18-14(19)7-3-9(16)13-12(4-7)20-6-21-13/h1-5H,6H2,(H,18,19). The molecule has 0 spiro atoms. The van der Waals surface area contributed by atoms with Gasteiger partial charge in [-0.3, -0.25) is 4.79 Å². The molecule has 0 aromatic heterocycles. The highest BCUT2D eigenvalue weighted by Crippen LogP contribution is 2.39. The Morgan fingerprint density at radius 2 is 2.10 bits per heavy atom. The van der Waals surface area contributed by atoms with Crippen LogP contribution in [0.5, 0.6) is 11.5 Å². The smallest absolute Gasteiger partial charge is 0.255 e. The van der Waals surface area contributed by atoms with E-state index in [4.69, 9.17) is 21.1 Å². The van der Waals surface area contributed by atoms with Crippen LogP contribution in [0.4, 0.5) is 10.1 Å². The van der Waals surface area contributed by atoms with Crippen LogP contribution in [0.1, 0.15) is 10.4 Å². The molecule has 21 heavy (non-hydrogen) atoms. The minimum Gasteiger partial charge on any atom is -0.454 e. The van der Waals surface area contributed by atoms with Crippen LogP contribution in [-0.2, 0) is 0 Å². The number of carbonyl (C=O) groups excluding carboxylic acids is 1. The normalized spacial score (nSPS) is 12.3. The fraction of sp³-hybridized carbons (Fsp3) is 0.0714. The number of nitrogens with one attached hydrogen (secondary N) is 1. The summed E-state index contributed by atoms with van der Waals surface area (Å²) in [4.78, 5) is 12.2. The van der Waals surface area contributed by atoms with Crippen LogP contribution >= 0.6 is 27.5 Å². The average Bonchev–Trinajstić information content (AvgIpc) is 2.90. The van der Waals surface area contributed by atoms with Crippen molar-refractivity contribution < 1.29 is 18.7 Å². The molecule has 1 amide bonds. The minimum absolute atomic E-state index is 0.0570. The van der Waals surface area contributed by atoms with Crippen molar-refractivity contribution in [1.29, 1.82) is 0 Å². The van der Waals surface area contributed by atoms with Gasteiger partial charge in [0.2, 0.25) is 6.79 Å². The van der Waals surface area contributed by atoms with Gasteiger partial charge in [-0.1, -0.05) is 27.5 Å². The van der Waals surface area contributed by atoms with E-state index in [1.54, 1.807) is 6.07 Å². The number of fused-ring (bicyclic) bond motifs is 1. The van der Waals surface area contributed by atoms with Gasteiger partial charge in [-0.25, -0.2) is 4.39 Å². The Morgan fingerprint density at radius 3 is 2.86 bits per heavy atom. The van der Waals surface area contributed by atoms with Crippen LogP contribution in [0.15, 0.2) is 34.8 Å². The van der Waals surface area contributed by atoms with E-state index in [0.717, 1.165) is 0 Å². The van der Waals surface area contributed by atoms with Crippen molar-refractivity contribution in [2.24, 2.45) is 0 Å². The average molecular weight is 373 g/mol. The maximum Gasteiger partial charge on any atom is 0.255 e. The monoisotopic (exact) mass is 371 g/mol. The molecule has 0 fully saturated rings. The molecule has 3 rings (SSSR count). The molecule has 2 aromatic carbocycles. The first-order chi connectivity index (χ1) is 10.0. The Morgan fingerprint density at radius 1 is 1.29 bits per heavy atom. The van der Waals surface area contributed by atoms with Gasteiger partial charge in [0.25, 0.3) is 5.91 Å². The predicted octanol–water partition coefficient (Wildman–Crippen LogP) is 4.22. The van der Waals surface area contributed by atoms with E-state index in [1.807, 2.05) is 0 Å². The highest BCUT2D eigenvalue weighted by molar-refractivity contribution is 9.10. The van der Waals surface area contributed by atoms with Gasteiger partial charge < -0.3 is 14.8 Å². The Labute approximate surface area is 132 Å². The third kappa shape index (κ3) is 2.82. The Hall–Kier alpha value is -1.79. The van der Waals surface area contributed by atoms with Crippen LogP contribution in [0, 0.1) is 5.82 Å². The van der Waals surface area contributed by atoms with Crippen LogP contribution in [0.25, 0.3) is 0 Å². The maximum absolute atomic E-state index is 13.7. The number of benzene rings is 2. The number of ether oxygens (including phenoxy) is 2. The molecule has 0 radical (unpaired) electrons. The van der Waals surface area contributed by atoms with E-state index in [0.29, 0.717) is 16.0 Å². The lowest BCUT2D eigenvalue weighted by Gasteiger charge is -2.08. The van der Waals surface area contributed by atoms with Crippen molar-refractivity contribution in [3.05, 3.63) is 51.2 Å². The highest BCUT2D eigenvalue weighted by Gasteiger charge is 2.21. The van der Waals surface area contributed by atoms with Gasteiger partial charge in [-0.05, 0) is 30.3 Å². The summed E-state index contributed by atoms with van der Waals surface area (Å²) in [6, 6.07) is 7.31. The van der Waals surface area contributed by atoms with Crippen molar-refractivity contribution in [3.63, 3.8) is 0 Å². The second-order valence-corrected chi connectivity index (χ2v) is 5.59. The zero-order valence-corrected chi connectivity index (χ0v) is 12.8. The Kier molecular flexibility index (Phi) is 3.73. The third-order valence-corrected chi connectivity index (χ3v) is 3.64. The fourth-order valence-corrected chi connectivity index (χ4v) is 2.48. The summed E-state index contributed by atoms with van der Waals surface area (Å²) in [5.74, 6) is -0.229. The van der Waals surface area contributed by atoms with Crippen LogP contribution in [0.2, 0.25) is 5.02 Å². The summed E-state index contributed by atoms with van der Waals surface area (Å²) in [5.41, 5.74) is 0.337. The van der Waals surface area contributed by atoms with Gasteiger partial charge in [-0.2, -0.15) is 0 Å². The molecular formula is C14H8BrClFNO3. The van der Waals surface area contributed by atoms with E-state index >= 15 is 0 Å². The van der Waals surface area contributed by atoms with Crippen molar-refractivity contribution in [2.45, 2.75) is 0 Å². The summed E-state index contributed by atoms with van der Waals surface area (Å²) in [6.07, 6.45) is 0. The van der Waals surface area contributed by atoms with Gasteiger partial charge in [-0.15, -0.1) is 0 Å². The van der Waals surface area contributed by atoms with Crippen LogP contribution < -0.4 is 14.8 Å². The van der Waals surface area contributed by atoms with E-state index in [2.05, 4.69) is 21.2 Å². The summed E-state index contributed by atoms with van der Waals surface area (Å²) in [7, 11) is 0. The second kappa shape index (κ2) is 5.54. The SMILES string of the molecule is O=C(Nc1ccc(Br)cc1F)c1cc(Cl)c2c(c1)OCO2. The van der Waals surface area contributed by atoms with E-state index in [9.17, 15) is 9.18 Å². The number of rotatable bonds is 2. The van der Waals surface area contributed by atoms with Gasteiger partial charge in [0.1, 0.15) is 5.82 Å². The maximum atomic E-state index is 13.7. The number of amides is 1. The predicted molar refractivity (Wildman–Crippen MR) is 79.6 cm³/mol. The molecule has 4 nitrogen and oxygen atoms in total. The summed E-state index contributed by atoms with van der Waals surface area (Å²) in [6.45, 7) is 0.0570. The van der Waals surface area contributed by atoms with Crippen LogP contribution in [-0.4, -0.2) is 12.7 Å². The first-order valence-corrected chi connectivity index (χ1v) is 7.07. The lowest BCUT2D eigenvalue weighted by molar-refractivity contribution is 0.102. The number of anilines is 1. The molecule has 0 unspecified atom stereocenters. The van der Waals surface area contributed by atoms with E-state index < -0.39 is 11.7 Å². The van der Waals surface area contributed by atoms with Gasteiger partial charge in [0, 0.05) is 10.0 Å². The zero-order valence-electron chi connectivity index (χ0n) is 10.5. The molecule has 108 valence electrons. The van der Waals surface area contributed by atoms with E-state index in [1.165, 1.54) is 24.3 Å². The number of carbonyl (C=O) groups is 1. The van der Waals surface area contributed by atoms with Gasteiger partial charge in [0.05, 0.1) is 10.7 Å². The molecule has 0 bridgehead atoms. The molecule has 0 atom stereocenters. The van der Waals surface area contributed by atoms with Gasteiger partial charge >= 0.3 is 0 Å². The first-order valence-electron chi connectivity index (χ1n) is 5.90. The largest absolute Gasteiger partial charge is 0.454 e. The Bertz CT molecular complexity index is 738. The third-order valence-electron chi connectivity index (χ3n) is 2.87. The lowest BCUT2D eigenvalue weighted by atomic mass is 10.2. The van der Waals surface area contributed by atoms with Crippen molar-refractivity contribution in [1.82, 2.24) is 0 Å². The van der Waals surface area contributed by atoms with E-state index in [-0.39, 0.29) is 23.1 Å². The quantitative estimate of drug-likeness (QED) is 0.858. The fourth-order valence-electron chi connectivity index (χ4n) is 1.88. The van der Waals surface area contributed by atoms with Crippen molar-refractivity contribution in [2.75, 3.05) is 12.1 Å². The molecule has 0 saturated carbocycles. The molecule has 2 aromatic rings. The molecule has 1 aliphatic rings. The second-order valence-electron chi connectivity index (χ2n) is 4.27. The molecule has 1 heterocycles. The zero-order chi connectivity index (χ0) is 15.0. The summed E-state index contributed by atoms with van der Waals surface area (Å²) in [5, 5.41) is 2.75. The first kappa shape index (κ1) is 14.2. The lowest BCUT2D eigenvalue weighted by Crippen LogP contribution is -2.13. The summed E-state index contributed by atoms with van der Waals surface area (Å²) < 4.78 is 24.7. The molecule has 0 aliphatic carbocycles. The number of hydrogen-bond donors (Lipinski definition) is 1.